The first-order valence-electron chi connectivity index (χ1n) is 7.12. The van der Waals surface area contributed by atoms with Gasteiger partial charge in [0.1, 0.15) is 0 Å². The van der Waals surface area contributed by atoms with E-state index in [0.717, 1.165) is 5.69 Å². The van der Waals surface area contributed by atoms with Gasteiger partial charge >= 0.3 is 0 Å². The molecule has 2 aromatic carbocycles. The number of anilines is 1. The number of nitro benzene ring substituents is 1. The molecular formula is C15H16ClN3O4S. The number of nitro groups is 1. The molecule has 7 nitrogen and oxygen atoms in total. The van der Waals surface area contributed by atoms with Crippen LogP contribution in [0.5, 0.6) is 0 Å². The van der Waals surface area contributed by atoms with Crippen molar-refractivity contribution in [3.8, 4) is 0 Å². The van der Waals surface area contributed by atoms with Crippen molar-refractivity contribution in [1.82, 2.24) is 4.72 Å². The number of hydrogen-bond acceptors (Lipinski definition) is 5. The minimum atomic E-state index is -3.55. The second-order valence-electron chi connectivity index (χ2n) is 4.94. The van der Waals surface area contributed by atoms with E-state index in [1.54, 1.807) is 12.1 Å². The Morgan fingerprint density at radius 1 is 1.00 bits per heavy atom. The van der Waals surface area contributed by atoms with Gasteiger partial charge in [-0.05, 0) is 42.8 Å². The molecule has 0 atom stereocenters. The molecular weight excluding hydrogens is 354 g/mol. The van der Waals surface area contributed by atoms with E-state index in [4.69, 9.17) is 11.6 Å². The molecule has 2 rings (SSSR count). The van der Waals surface area contributed by atoms with Crippen molar-refractivity contribution in [3.63, 3.8) is 0 Å². The van der Waals surface area contributed by atoms with Crippen LogP contribution in [-0.4, -0.2) is 26.4 Å². The van der Waals surface area contributed by atoms with Crippen molar-refractivity contribution < 1.29 is 13.3 Å². The van der Waals surface area contributed by atoms with Crippen molar-refractivity contribution >= 4 is 33.0 Å². The van der Waals surface area contributed by atoms with Gasteiger partial charge in [0.2, 0.25) is 10.0 Å². The zero-order valence-electron chi connectivity index (χ0n) is 12.6. The fourth-order valence-corrected chi connectivity index (χ4v) is 3.13. The predicted octanol–water partition coefficient (Wildman–Crippen LogP) is 3.03. The number of halogens is 1. The summed E-state index contributed by atoms with van der Waals surface area (Å²) in [5, 5.41) is 14.1. The standard InChI is InChI=1S/C15H16ClN3O4S/c16-12-2-8-15(9-3-12)24(22,23)18-11-1-10-17-13-4-6-14(7-5-13)19(20)21/h2-9,17-18H,1,10-11H2. The van der Waals surface area contributed by atoms with E-state index in [1.807, 2.05) is 0 Å². The number of benzene rings is 2. The number of non-ortho nitro benzene ring substituents is 1. The van der Waals surface area contributed by atoms with E-state index in [9.17, 15) is 18.5 Å². The molecule has 0 saturated carbocycles. The maximum atomic E-state index is 12.0. The summed E-state index contributed by atoms with van der Waals surface area (Å²) in [5.74, 6) is 0. The van der Waals surface area contributed by atoms with Crippen molar-refractivity contribution in [3.05, 3.63) is 63.7 Å². The summed E-state index contributed by atoms with van der Waals surface area (Å²) in [5.41, 5.74) is 0.762. The van der Waals surface area contributed by atoms with Gasteiger partial charge < -0.3 is 5.32 Å². The molecule has 0 aromatic heterocycles. The van der Waals surface area contributed by atoms with E-state index in [-0.39, 0.29) is 17.1 Å². The van der Waals surface area contributed by atoms with E-state index in [2.05, 4.69) is 10.0 Å². The van der Waals surface area contributed by atoms with Gasteiger partial charge in [-0.3, -0.25) is 10.1 Å². The summed E-state index contributed by atoms with van der Waals surface area (Å²) in [6, 6.07) is 12.0. The van der Waals surface area contributed by atoms with E-state index >= 15 is 0 Å². The van der Waals surface area contributed by atoms with Crippen molar-refractivity contribution in [1.29, 1.82) is 0 Å². The SMILES string of the molecule is O=[N+]([O-])c1ccc(NCCCNS(=O)(=O)c2ccc(Cl)cc2)cc1. The summed E-state index contributed by atoms with van der Waals surface area (Å²) in [6.07, 6.45) is 0.559. The molecule has 0 fully saturated rings. The van der Waals surface area contributed by atoms with Crippen LogP contribution in [0.25, 0.3) is 0 Å². The van der Waals surface area contributed by atoms with Crippen LogP contribution in [-0.2, 0) is 10.0 Å². The Bertz CT molecular complexity index is 792. The average molecular weight is 370 g/mol. The fraction of sp³-hybridized carbons (Fsp3) is 0.200. The van der Waals surface area contributed by atoms with Crippen LogP contribution in [0.15, 0.2) is 53.4 Å². The molecule has 0 saturated heterocycles. The quantitative estimate of drug-likeness (QED) is 0.423. The zero-order valence-corrected chi connectivity index (χ0v) is 14.2. The van der Waals surface area contributed by atoms with E-state index in [1.165, 1.54) is 36.4 Å². The average Bonchev–Trinajstić information content (AvgIpc) is 2.55. The van der Waals surface area contributed by atoms with Gasteiger partial charge in [-0.15, -0.1) is 0 Å². The lowest BCUT2D eigenvalue weighted by Gasteiger charge is -2.08. The summed E-state index contributed by atoms with van der Waals surface area (Å²) in [7, 11) is -3.55. The highest BCUT2D eigenvalue weighted by atomic mass is 35.5. The van der Waals surface area contributed by atoms with Gasteiger partial charge in [-0.1, -0.05) is 11.6 Å². The fourth-order valence-electron chi connectivity index (χ4n) is 1.93. The first-order valence-corrected chi connectivity index (χ1v) is 8.98. The molecule has 2 aromatic rings. The first kappa shape index (κ1) is 18.2. The molecule has 128 valence electrons. The highest BCUT2D eigenvalue weighted by Gasteiger charge is 2.12. The number of nitrogens with one attached hydrogen (secondary N) is 2. The Kier molecular flexibility index (Phi) is 6.13. The van der Waals surface area contributed by atoms with Crippen LogP contribution >= 0.6 is 11.6 Å². The van der Waals surface area contributed by atoms with Crippen LogP contribution in [0.3, 0.4) is 0 Å². The van der Waals surface area contributed by atoms with Gasteiger partial charge in [0.25, 0.3) is 5.69 Å². The molecule has 0 unspecified atom stereocenters. The van der Waals surface area contributed by atoms with Crippen molar-refractivity contribution in [2.75, 3.05) is 18.4 Å². The third-order valence-corrected chi connectivity index (χ3v) is 4.91. The minimum absolute atomic E-state index is 0.0243. The van der Waals surface area contributed by atoms with Gasteiger partial charge in [-0.25, -0.2) is 13.1 Å². The third-order valence-electron chi connectivity index (χ3n) is 3.18. The number of rotatable bonds is 8. The van der Waals surface area contributed by atoms with Crippen molar-refractivity contribution in [2.24, 2.45) is 0 Å². The molecule has 24 heavy (non-hydrogen) atoms. The molecule has 0 amide bonds. The maximum Gasteiger partial charge on any atom is 0.269 e. The largest absolute Gasteiger partial charge is 0.385 e. The number of nitrogens with zero attached hydrogens (tertiary/aromatic N) is 1. The normalized spacial score (nSPS) is 11.2. The predicted molar refractivity (Wildman–Crippen MR) is 92.8 cm³/mol. The highest BCUT2D eigenvalue weighted by Crippen LogP contribution is 2.15. The highest BCUT2D eigenvalue weighted by molar-refractivity contribution is 7.89. The molecule has 0 heterocycles. The van der Waals surface area contributed by atoms with Crippen LogP contribution in [0.2, 0.25) is 5.02 Å². The summed E-state index contributed by atoms with van der Waals surface area (Å²) in [6.45, 7) is 0.798. The topological polar surface area (TPSA) is 101 Å². The number of hydrogen-bond donors (Lipinski definition) is 2. The maximum absolute atomic E-state index is 12.0. The smallest absolute Gasteiger partial charge is 0.269 e. The second kappa shape index (κ2) is 8.09. The van der Waals surface area contributed by atoms with Gasteiger partial charge in [-0.2, -0.15) is 0 Å². The Labute approximate surface area is 144 Å². The Hall–Kier alpha value is -2.16. The molecule has 0 aliphatic rings. The van der Waals surface area contributed by atoms with Gasteiger partial charge in [0.15, 0.2) is 0 Å². The van der Waals surface area contributed by atoms with Crippen LogP contribution < -0.4 is 10.0 Å². The lowest BCUT2D eigenvalue weighted by atomic mass is 10.3. The third kappa shape index (κ3) is 5.19. The van der Waals surface area contributed by atoms with E-state index < -0.39 is 14.9 Å². The summed E-state index contributed by atoms with van der Waals surface area (Å²) < 4.78 is 26.6. The Balaban J connectivity index is 1.76. The molecule has 0 aliphatic carbocycles. The molecule has 0 radical (unpaired) electrons. The summed E-state index contributed by atoms with van der Waals surface area (Å²) in [4.78, 5) is 10.3. The van der Waals surface area contributed by atoms with Crippen LogP contribution in [0.1, 0.15) is 6.42 Å². The molecule has 0 spiro atoms. The number of sulfonamides is 1. The summed E-state index contributed by atoms with van der Waals surface area (Å²) >= 11 is 5.73. The monoisotopic (exact) mass is 369 g/mol. The van der Waals surface area contributed by atoms with Crippen LogP contribution in [0, 0.1) is 10.1 Å². The Morgan fingerprint density at radius 3 is 2.21 bits per heavy atom. The minimum Gasteiger partial charge on any atom is -0.385 e. The lowest BCUT2D eigenvalue weighted by Crippen LogP contribution is -2.26. The second-order valence-corrected chi connectivity index (χ2v) is 7.14. The first-order chi connectivity index (χ1) is 11.4. The molecule has 0 aliphatic heterocycles. The van der Waals surface area contributed by atoms with E-state index in [0.29, 0.717) is 18.0 Å². The van der Waals surface area contributed by atoms with Gasteiger partial charge in [0, 0.05) is 35.9 Å². The van der Waals surface area contributed by atoms with Gasteiger partial charge in [0.05, 0.1) is 9.82 Å². The zero-order chi connectivity index (χ0) is 17.6. The Morgan fingerprint density at radius 2 is 1.62 bits per heavy atom. The van der Waals surface area contributed by atoms with Crippen molar-refractivity contribution in [2.45, 2.75) is 11.3 Å². The molecule has 0 bridgehead atoms. The lowest BCUT2D eigenvalue weighted by molar-refractivity contribution is -0.384. The molecule has 2 N–H and O–H groups in total. The molecule has 9 heteroatoms. The van der Waals surface area contributed by atoms with Crippen LogP contribution in [0.4, 0.5) is 11.4 Å².